The fraction of sp³-hybridized carbons (Fsp3) is 0.455. The molecule has 3 aromatic rings. The van der Waals surface area contributed by atoms with Crippen LogP contribution in [0.2, 0.25) is 0 Å². The standard InChI is InChI=1S/C18H19FN4.C11H20.2C2H6/c1-5-23-17-7-6-14(8-13(17)10-20-23)22-18-15(11(2)3)9-16(19)12(4)21-18;1-6-7-8-10(4)11(5)9(2)3;2*1-2/h6-10H,2,5H2,1,3-4H3,(H,21,22);6-9,11H,1-5H3;2*1-2H3/b;7-6-,10-8+;;. The first-order chi connectivity index (χ1) is 18.1. The Labute approximate surface area is 231 Å². The van der Waals surface area contributed by atoms with Gasteiger partial charge in [0, 0.05) is 23.2 Å². The Hall–Kier alpha value is -3.21. The topological polar surface area (TPSA) is 42.7 Å². The molecule has 0 aliphatic heterocycles. The largest absolute Gasteiger partial charge is 0.340 e. The molecule has 0 radical (unpaired) electrons. The first-order valence-electron chi connectivity index (χ1n) is 13.9. The molecule has 0 saturated carbocycles. The number of pyridine rings is 1. The van der Waals surface area contributed by atoms with Gasteiger partial charge in [0.1, 0.15) is 11.6 Å². The fourth-order valence-electron chi connectivity index (χ4n) is 3.48. The Balaban J connectivity index is 0.000000774. The Morgan fingerprint density at radius 3 is 2.26 bits per heavy atom. The van der Waals surface area contributed by atoms with E-state index in [0.29, 0.717) is 23.0 Å². The second-order valence-electron chi connectivity index (χ2n) is 9.06. The molecule has 0 fully saturated rings. The van der Waals surface area contributed by atoms with Gasteiger partial charge in [-0.05, 0) is 76.3 Å². The maximum atomic E-state index is 13.8. The summed E-state index contributed by atoms with van der Waals surface area (Å²) in [5.74, 6) is 1.73. The zero-order valence-corrected chi connectivity index (χ0v) is 25.9. The second-order valence-corrected chi connectivity index (χ2v) is 9.06. The molecular formula is C33H51FN4. The van der Waals surface area contributed by atoms with E-state index < -0.39 is 0 Å². The molecule has 3 rings (SSSR count). The SMILES string of the molecule is C/C=C\C=C(/C)C(C)C(C)C.C=C(C)c1cc(F)c(C)nc1Nc1ccc2c(cnn2CC)c1.CC.CC. The van der Waals surface area contributed by atoms with E-state index in [1.165, 1.54) is 11.6 Å². The summed E-state index contributed by atoms with van der Waals surface area (Å²) in [4.78, 5) is 4.32. The predicted octanol–water partition coefficient (Wildman–Crippen LogP) is 10.5. The van der Waals surface area contributed by atoms with Gasteiger partial charge in [-0.1, -0.05) is 78.8 Å². The number of allylic oxidation sites excluding steroid dienone is 5. The molecule has 1 atom stereocenters. The summed E-state index contributed by atoms with van der Waals surface area (Å²) in [6.45, 7) is 29.3. The van der Waals surface area contributed by atoms with Gasteiger partial charge in [0.25, 0.3) is 0 Å². The lowest BCUT2D eigenvalue weighted by Gasteiger charge is -2.15. The number of rotatable bonds is 7. The Kier molecular flexibility index (Phi) is 16.6. The van der Waals surface area contributed by atoms with Crippen LogP contribution in [0, 0.1) is 24.6 Å². The van der Waals surface area contributed by atoms with Gasteiger partial charge in [-0.15, -0.1) is 0 Å². The van der Waals surface area contributed by atoms with Crippen LogP contribution in [0.3, 0.4) is 0 Å². The lowest BCUT2D eigenvalue weighted by Crippen LogP contribution is -2.04. The lowest BCUT2D eigenvalue weighted by molar-refractivity contribution is 0.480. The highest BCUT2D eigenvalue weighted by Gasteiger charge is 2.11. The molecule has 4 nitrogen and oxygen atoms in total. The van der Waals surface area contributed by atoms with Crippen molar-refractivity contribution < 1.29 is 4.39 Å². The molecule has 5 heteroatoms. The lowest BCUT2D eigenvalue weighted by atomic mass is 9.91. The van der Waals surface area contributed by atoms with Crippen molar-refractivity contribution in [2.75, 3.05) is 5.32 Å². The zero-order valence-electron chi connectivity index (χ0n) is 25.9. The number of fused-ring (bicyclic) bond motifs is 1. The number of aryl methyl sites for hydroxylation is 2. The van der Waals surface area contributed by atoms with E-state index in [4.69, 9.17) is 0 Å². The third-order valence-corrected chi connectivity index (χ3v) is 6.09. The van der Waals surface area contributed by atoms with Crippen molar-refractivity contribution in [3.63, 3.8) is 0 Å². The minimum atomic E-state index is -0.326. The second kappa shape index (κ2) is 18.1. The van der Waals surface area contributed by atoms with Crippen LogP contribution >= 0.6 is 0 Å². The Bertz CT molecular complexity index is 1190. The number of halogens is 1. The molecule has 2 aromatic heterocycles. The summed E-state index contributed by atoms with van der Waals surface area (Å²) in [5.41, 5.74) is 5.24. The van der Waals surface area contributed by atoms with Crippen molar-refractivity contribution in [3.05, 3.63) is 77.9 Å². The molecule has 210 valence electrons. The van der Waals surface area contributed by atoms with E-state index in [9.17, 15) is 4.39 Å². The molecule has 0 aliphatic rings. The van der Waals surface area contributed by atoms with E-state index in [-0.39, 0.29) is 5.82 Å². The maximum absolute atomic E-state index is 13.8. The minimum Gasteiger partial charge on any atom is -0.340 e. The first-order valence-corrected chi connectivity index (χ1v) is 13.9. The van der Waals surface area contributed by atoms with Crippen LogP contribution in [0.5, 0.6) is 0 Å². The van der Waals surface area contributed by atoms with Crippen LogP contribution in [0.25, 0.3) is 16.5 Å². The molecule has 1 N–H and O–H groups in total. The predicted molar refractivity (Wildman–Crippen MR) is 168 cm³/mol. The number of benzene rings is 1. The maximum Gasteiger partial charge on any atom is 0.145 e. The van der Waals surface area contributed by atoms with Crippen molar-refractivity contribution in [1.82, 2.24) is 14.8 Å². The monoisotopic (exact) mass is 522 g/mol. The minimum absolute atomic E-state index is 0.326. The molecule has 2 heterocycles. The van der Waals surface area contributed by atoms with Gasteiger partial charge in [0.2, 0.25) is 0 Å². The zero-order chi connectivity index (χ0) is 29.4. The van der Waals surface area contributed by atoms with E-state index in [1.807, 2.05) is 70.6 Å². The molecule has 0 saturated heterocycles. The van der Waals surface area contributed by atoms with Crippen LogP contribution < -0.4 is 5.32 Å². The third kappa shape index (κ3) is 10.3. The van der Waals surface area contributed by atoms with Gasteiger partial charge < -0.3 is 5.32 Å². The normalized spacial score (nSPS) is 11.7. The molecule has 0 spiro atoms. The third-order valence-electron chi connectivity index (χ3n) is 6.09. The quantitative estimate of drug-likeness (QED) is 0.314. The Morgan fingerprint density at radius 2 is 1.74 bits per heavy atom. The number of hydrogen-bond acceptors (Lipinski definition) is 3. The molecule has 0 bridgehead atoms. The van der Waals surface area contributed by atoms with Crippen LogP contribution in [0.4, 0.5) is 15.9 Å². The number of nitrogens with zero attached hydrogens (tertiary/aromatic N) is 3. The van der Waals surface area contributed by atoms with Crippen molar-refractivity contribution in [1.29, 1.82) is 0 Å². The van der Waals surface area contributed by atoms with Crippen molar-refractivity contribution >= 4 is 28.0 Å². The van der Waals surface area contributed by atoms with E-state index >= 15 is 0 Å². The van der Waals surface area contributed by atoms with E-state index in [0.717, 1.165) is 34.6 Å². The van der Waals surface area contributed by atoms with Gasteiger partial charge >= 0.3 is 0 Å². The van der Waals surface area contributed by atoms with Gasteiger partial charge in [0.05, 0.1) is 17.4 Å². The van der Waals surface area contributed by atoms with Crippen molar-refractivity contribution in [3.8, 4) is 0 Å². The van der Waals surface area contributed by atoms with E-state index in [1.54, 1.807) is 6.92 Å². The summed E-state index contributed by atoms with van der Waals surface area (Å²) < 4.78 is 15.7. The summed E-state index contributed by atoms with van der Waals surface area (Å²) in [5, 5.41) is 8.66. The van der Waals surface area contributed by atoms with Crippen LogP contribution in [-0.2, 0) is 6.54 Å². The summed E-state index contributed by atoms with van der Waals surface area (Å²) in [7, 11) is 0. The highest BCUT2D eigenvalue weighted by Crippen LogP contribution is 2.28. The van der Waals surface area contributed by atoms with Crippen LogP contribution in [-0.4, -0.2) is 14.8 Å². The summed E-state index contributed by atoms with van der Waals surface area (Å²) >= 11 is 0. The molecule has 1 unspecified atom stereocenters. The number of hydrogen-bond donors (Lipinski definition) is 1. The smallest absolute Gasteiger partial charge is 0.145 e. The summed E-state index contributed by atoms with van der Waals surface area (Å²) in [6, 6.07) is 7.47. The first kappa shape index (κ1) is 34.8. The van der Waals surface area contributed by atoms with Gasteiger partial charge in [-0.2, -0.15) is 5.10 Å². The number of nitrogens with one attached hydrogen (secondary N) is 1. The molecule has 1 aromatic carbocycles. The van der Waals surface area contributed by atoms with Crippen molar-refractivity contribution in [2.24, 2.45) is 11.8 Å². The van der Waals surface area contributed by atoms with Gasteiger partial charge in [-0.25, -0.2) is 9.37 Å². The molecule has 38 heavy (non-hydrogen) atoms. The highest BCUT2D eigenvalue weighted by molar-refractivity contribution is 5.84. The molecule has 0 aliphatic carbocycles. The molecular weight excluding hydrogens is 471 g/mol. The average Bonchev–Trinajstić information content (AvgIpc) is 3.33. The summed E-state index contributed by atoms with van der Waals surface area (Å²) in [6.07, 6.45) is 8.21. The highest BCUT2D eigenvalue weighted by atomic mass is 19.1. The Morgan fingerprint density at radius 1 is 1.11 bits per heavy atom. The molecule has 0 amide bonds. The van der Waals surface area contributed by atoms with Gasteiger partial charge in [-0.3, -0.25) is 4.68 Å². The fourth-order valence-corrected chi connectivity index (χ4v) is 3.48. The van der Waals surface area contributed by atoms with Crippen LogP contribution in [0.1, 0.15) is 87.4 Å². The number of aromatic nitrogens is 3. The van der Waals surface area contributed by atoms with Crippen molar-refractivity contribution in [2.45, 2.75) is 89.6 Å². The number of anilines is 2. The van der Waals surface area contributed by atoms with E-state index in [2.05, 4.69) is 74.8 Å². The average molecular weight is 523 g/mol. The van der Waals surface area contributed by atoms with Gasteiger partial charge in [0.15, 0.2) is 0 Å². The van der Waals surface area contributed by atoms with Crippen LogP contribution in [0.15, 0.2) is 60.8 Å².